The molecule has 0 atom stereocenters. The number of benzene rings is 2. The molecule has 25 heavy (non-hydrogen) atoms. The maximum atomic E-state index is 11.7. The summed E-state index contributed by atoms with van der Waals surface area (Å²) in [6.07, 6.45) is 2.96. The number of esters is 1. The second-order valence-corrected chi connectivity index (χ2v) is 6.25. The van der Waals surface area contributed by atoms with E-state index in [1.165, 1.54) is 11.6 Å². The Balaban J connectivity index is 1.79. The van der Waals surface area contributed by atoms with Crippen LogP contribution in [0, 0.1) is 0 Å². The van der Waals surface area contributed by atoms with Crippen LogP contribution in [0.25, 0.3) is 6.08 Å². The van der Waals surface area contributed by atoms with E-state index < -0.39 is 11.9 Å². The minimum absolute atomic E-state index is 0.349. The summed E-state index contributed by atoms with van der Waals surface area (Å²) < 4.78 is 4.92. The summed E-state index contributed by atoms with van der Waals surface area (Å²) in [6, 6.07) is 14.6. The Morgan fingerprint density at radius 3 is 2.32 bits per heavy atom. The van der Waals surface area contributed by atoms with E-state index in [0.29, 0.717) is 16.6 Å². The van der Waals surface area contributed by atoms with Crippen molar-refractivity contribution in [3.8, 4) is 0 Å². The van der Waals surface area contributed by atoms with Gasteiger partial charge in [-0.05, 0) is 47.4 Å². The summed E-state index contributed by atoms with van der Waals surface area (Å²) in [7, 11) is 0. The van der Waals surface area contributed by atoms with E-state index in [1.54, 1.807) is 30.3 Å². The molecule has 0 aliphatic rings. The third kappa shape index (κ3) is 6.43. The number of anilines is 1. The minimum atomic E-state index is -0.570. The van der Waals surface area contributed by atoms with Crippen LogP contribution in [-0.2, 0) is 14.3 Å². The number of carbonyl (C=O) groups is 2. The molecule has 5 heteroatoms. The molecule has 0 aliphatic carbocycles. The largest absolute Gasteiger partial charge is 0.452 e. The number of amides is 1. The zero-order chi connectivity index (χ0) is 18.2. The molecular weight excluding hydrogens is 338 g/mol. The Morgan fingerprint density at radius 2 is 1.72 bits per heavy atom. The van der Waals surface area contributed by atoms with Crippen molar-refractivity contribution in [2.24, 2.45) is 0 Å². The predicted octanol–water partition coefficient (Wildman–Crippen LogP) is 4.66. The summed E-state index contributed by atoms with van der Waals surface area (Å²) >= 11 is 5.77. The first-order valence-electron chi connectivity index (χ1n) is 7.94. The number of halogens is 1. The normalized spacial score (nSPS) is 10.9. The van der Waals surface area contributed by atoms with Crippen LogP contribution in [0.3, 0.4) is 0 Å². The number of ether oxygens (including phenoxy) is 1. The number of carbonyl (C=O) groups excluding carboxylic acids is 2. The molecular formula is C20H20ClNO3. The van der Waals surface area contributed by atoms with Gasteiger partial charge in [-0.2, -0.15) is 0 Å². The average Bonchev–Trinajstić information content (AvgIpc) is 2.60. The molecule has 130 valence electrons. The molecule has 0 fully saturated rings. The summed E-state index contributed by atoms with van der Waals surface area (Å²) in [5.41, 5.74) is 2.72. The molecule has 0 aromatic heterocycles. The molecule has 0 heterocycles. The van der Waals surface area contributed by atoms with Crippen molar-refractivity contribution in [1.29, 1.82) is 0 Å². The van der Waals surface area contributed by atoms with Crippen LogP contribution in [0.1, 0.15) is 30.9 Å². The van der Waals surface area contributed by atoms with Crippen molar-refractivity contribution in [2.45, 2.75) is 19.8 Å². The molecule has 0 aliphatic heterocycles. The molecule has 0 bridgehead atoms. The third-order valence-corrected chi connectivity index (χ3v) is 3.74. The second kappa shape index (κ2) is 9.04. The topological polar surface area (TPSA) is 55.4 Å². The quantitative estimate of drug-likeness (QED) is 0.604. The second-order valence-electron chi connectivity index (χ2n) is 5.82. The molecule has 0 saturated heterocycles. The van der Waals surface area contributed by atoms with Gasteiger partial charge in [-0.3, -0.25) is 4.79 Å². The van der Waals surface area contributed by atoms with E-state index in [9.17, 15) is 9.59 Å². The fourth-order valence-corrected chi connectivity index (χ4v) is 2.20. The fourth-order valence-electron chi connectivity index (χ4n) is 2.07. The van der Waals surface area contributed by atoms with Gasteiger partial charge >= 0.3 is 5.97 Å². The predicted molar refractivity (Wildman–Crippen MR) is 101 cm³/mol. The van der Waals surface area contributed by atoms with E-state index >= 15 is 0 Å². The van der Waals surface area contributed by atoms with Crippen molar-refractivity contribution in [3.63, 3.8) is 0 Å². The number of hydrogen-bond donors (Lipinski definition) is 1. The Kier molecular flexibility index (Phi) is 6.78. The van der Waals surface area contributed by atoms with Crippen molar-refractivity contribution >= 4 is 35.2 Å². The highest BCUT2D eigenvalue weighted by Crippen LogP contribution is 2.15. The van der Waals surface area contributed by atoms with Crippen LogP contribution in [0.2, 0.25) is 5.02 Å². The average molecular weight is 358 g/mol. The van der Waals surface area contributed by atoms with E-state index in [1.807, 2.05) is 24.3 Å². The van der Waals surface area contributed by atoms with Gasteiger partial charge in [0.2, 0.25) is 0 Å². The van der Waals surface area contributed by atoms with Gasteiger partial charge in [0.15, 0.2) is 6.61 Å². The maximum absolute atomic E-state index is 11.7. The molecule has 1 amide bonds. The number of rotatable bonds is 6. The third-order valence-electron chi connectivity index (χ3n) is 3.49. The number of nitrogens with one attached hydrogen (secondary N) is 1. The Labute approximate surface area is 152 Å². The summed E-state index contributed by atoms with van der Waals surface area (Å²) in [5, 5.41) is 3.20. The minimum Gasteiger partial charge on any atom is -0.452 e. The Bertz CT molecular complexity index is 750. The molecule has 0 unspecified atom stereocenters. The number of hydrogen-bond acceptors (Lipinski definition) is 3. The van der Waals surface area contributed by atoms with Crippen LogP contribution in [0.5, 0.6) is 0 Å². The Hall–Kier alpha value is -2.59. The lowest BCUT2D eigenvalue weighted by Crippen LogP contribution is -2.20. The van der Waals surface area contributed by atoms with Gasteiger partial charge in [-0.15, -0.1) is 0 Å². The smallest absolute Gasteiger partial charge is 0.331 e. The highest BCUT2D eigenvalue weighted by molar-refractivity contribution is 6.30. The lowest BCUT2D eigenvalue weighted by atomic mass is 10.0. The zero-order valence-corrected chi connectivity index (χ0v) is 14.9. The highest BCUT2D eigenvalue weighted by Gasteiger charge is 2.06. The van der Waals surface area contributed by atoms with Crippen LogP contribution in [0.15, 0.2) is 54.6 Å². The first-order valence-corrected chi connectivity index (χ1v) is 8.32. The Morgan fingerprint density at radius 1 is 1.08 bits per heavy atom. The van der Waals surface area contributed by atoms with Crippen LogP contribution >= 0.6 is 11.6 Å². The molecule has 4 nitrogen and oxygen atoms in total. The molecule has 2 aromatic carbocycles. The van der Waals surface area contributed by atoms with Crippen LogP contribution in [0.4, 0.5) is 5.69 Å². The van der Waals surface area contributed by atoms with E-state index in [2.05, 4.69) is 19.2 Å². The first-order chi connectivity index (χ1) is 11.9. The van der Waals surface area contributed by atoms with Crippen molar-refractivity contribution in [3.05, 3.63) is 70.8 Å². The summed E-state index contributed by atoms with van der Waals surface area (Å²) in [6.45, 7) is 3.90. The van der Waals surface area contributed by atoms with E-state index in [4.69, 9.17) is 16.3 Å². The zero-order valence-electron chi connectivity index (χ0n) is 14.2. The van der Waals surface area contributed by atoms with Crippen LogP contribution < -0.4 is 5.32 Å². The van der Waals surface area contributed by atoms with Gasteiger partial charge in [-0.25, -0.2) is 4.79 Å². The van der Waals surface area contributed by atoms with Gasteiger partial charge in [0.25, 0.3) is 5.91 Å². The summed E-state index contributed by atoms with van der Waals surface area (Å²) in [5.74, 6) is -0.522. The van der Waals surface area contributed by atoms with E-state index in [0.717, 1.165) is 5.56 Å². The molecule has 2 rings (SSSR count). The van der Waals surface area contributed by atoms with Gasteiger partial charge in [0.05, 0.1) is 0 Å². The monoisotopic (exact) mass is 357 g/mol. The fraction of sp³-hybridized carbons (Fsp3) is 0.200. The van der Waals surface area contributed by atoms with Crippen molar-refractivity contribution < 1.29 is 14.3 Å². The van der Waals surface area contributed by atoms with Crippen LogP contribution in [-0.4, -0.2) is 18.5 Å². The van der Waals surface area contributed by atoms with Crippen molar-refractivity contribution in [1.82, 2.24) is 0 Å². The molecule has 0 saturated carbocycles. The molecule has 0 spiro atoms. The van der Waals surface area contributed by atoms with Gasteiger partial charge < -0.3 is 10.1 Å². The summed E-state index contributed by atoms with van der Waals surface area (Å²) in [4.78, 5) is 23.4. The highest BCUT2D eigenvalue weighted by atomic mass is 35.5. The standard InChI is InChI=1S/C20H20ClNO3/c1-14(2)16-6-3-15(4-7-16)5-12-20(24)25-13-19(23)22-18-10-8-17(21)9-11-18/h3-12,14H,13H2,1-2H3,(H,22,23)/b12-5+. The SMILES string of the molecule is CC(C)c1ccc(/C=C/C(=O)OCC(=O)Nc2ccc(Cl)cc2)cc1. The lowest BCUT2D eigenvalue weighted by Gasteiger charge is -2.05. The maximum Gasteiger partial charge on any atom is 0.331 e. The first kappa shape index (κ1) is 18.7. The van der Waals surface area contributed by atoms with Gasteiger partial charge in [-0.1, -0.05) is 49.7 Å². The molecule has 2 aromatic rings. The molecule has 1 N–H and O–H groups in total. The van der Waals surface area contributed by atoms with E-state index in [-0.39, 0.29) is 6.61 Å². The van der Waals surface area contributed by atoms with Gasteiger partial charge in [0.1, 0.15) is 0 Å². The van der Waals surface area contributed by atoms with Crippen molar-refractivity contribution in [2.75, 3.05) is 11.9 Å². The molecule has 0 radical (unpaired) electrons. The lowest BCUT2D eigenvalue weighted by molar-refractivity contribution is -0.142. The van der Waals surface area contributed by atoms with Gasteiger partial charge in [0, 0.05) is 16.8 Å².